The molecule has 38 heavy (non-hydrogen) atoms. The maximum atomic E-state index is 13.7. The molecule has 1 aliphatic heterocycles. The molecule has 0 spiro atoms. The topological polar surface area (TPSA) is 88.4 Å². The van der Waals surface area contributed by atoms with Crippen LogP contribution in [0.4, 0.5) is 8.78 Å². The first-order valence-corrected chi connectivity index (χ1v) is 12.4. The molecule has 4 rings (SSSR count). The number of rotatable bonds is 8. The standard InChI is InChI=1S/C27H26F2N2O6S/c1-14(2)36-25(33)22-15(3)30-27-31(23(22)17-7-9-18(34-4)10-8-17)24(32)21(38-27)13-16-6-11-19(37-26(28)29)20(12-16)35-5/h6-14,23,26H,1-5H3/b21-13+/t23-/m1/s1. The van der Waals surface area contributed by atoms with Gasteiger partial charge in [-0.1, -0.05) is 29.5 Å². The van der Waals surface area contributed by atoms with Crippen LogP contribution in [0.15, 0.2) is 63.5 Å². The Morgan fingerprint density at radius 1 is 1.08 bits per heavy atom. The van der Waals surface area contributed by atoms with Crippen LogP contribution >= 0.6 is 11.3 Å². The number of ether oxygens (including phenoxy) is 4. The lowest BCUT2D eigenvalue weighted by atomic mass is 9.96. The zero-order valence-electron chi connectivity index (χ0n) is 21.4. The number of halogens is 2. The van der Waals surface area contributed by atoms with Crippen LogP contribution in [-0.2, 0) is 9.53 Å². The first-order valence-electron chi connectivity index (χ1n) is 11.6. The van der Waals surface area contributed by atoms with Crippen molar-refractivity contribution < 1.29 is 32.5 Å². The van der Waals surface area contributed by atoms with Crippen molar-refractivity contribution in [2.75, 3.05) is 14.2 Å². The largest absolute Gasteiger partial charge is 0.497 e. The zero-order valence-corrected chi connectivity index (χ0v) is 22.2. The average molecular weight is 545 g/mol. The number of fused-ring (bicyclic) bond motifs is 1. The molecule has 2 heterocycles. The molecule has 0 amide bonds. The van der Waals surface area contributed by atoms with Crippen LogP contribution in [0, 0.1) is 0 Å². The normalized spacial score (nSPS) is 15.4. The monoisotopic (exact) mass is 544 g/mol. The minimum absolute atomic E-state index is 0.0949. The predicted molar refractivity (Wildman–Crippen MR) is 138 cm³/mol. The quantitative estimate of drug-likeness (QED) is 0.401. The smallest absolute Gasteiger partial charge is 0.387 e. The number of thiazole rings is 1. The number of alkyl halides is 2. The number of carbonyl (C=O) groups is 1. The maximum Gasteiger partial charge on any atom is 0.387 e. The van der Waals surface area contributed by atoms with E-state index in [0.29, 0.717) is 31.9 Å². The maximum absolute atomic E-state index is 13.7. The van der Waals surface area contributed by atoms with Crippen LogP contribution < -0.4 is 29.1 Å². The van der Waals surface area contributed by atoms with Gasteiger partial charge in [0, 0.05) is 0 Å². The molecule has 1 aliphatic rings. The minimum Gasteiger partial charge on any atom is -0.497 e. The van der Waals surface area contributed by atoms with Gasteiger partial charge in [-0.05, 0) is 62.2 Å². The Bertz CT molecular complexity index is 1560. The Labute approximate surface area is 221 Å². The third kappa shape index (κ3) is 5.47. The van der Waals surface area contributed by atoms with E-state index in [1.54, 1.807) is 58.2 Å². The second-order valence-corrected chi connectivity index (χ2v) is 9.61. The van der Waals surface area contributed by atoms with Crippen molar-refractivity contribution in [2.45, 2.75) is 39.5 Å². The third-order valence-corrected chi connectivity index (χ3v) is 6.70. The molecule has 0 fully saturated rings. The summed E-state index contributed by atoms with van der Waals surface area (Å²) < 4.78 is 47.6. The highest BCUT2D eigenvalue weighted by Crippen LogP contribution is 2.32. The Morgan fingerprint density at radius 3 is 2.39 bits per heavy atom. The SMILES string of the molecule is COc1ccc([C@@H]2C(C(=O)OC(C)C)=C(C)N=c3s/c(=C/c4ccc(OC(F)F)c(OC)c4)c(=O)n32)cc1. The summed E-state index contributed by atoms with van der Waals surface area (Å²) in [5, 5.41) is 0. The van der Waals surface area contributed by atoms with Crippen molar-refractivity contribution in [3.63, 3.8) is 0 Å². The van der Waals surface area contributed by atoms with Gasteiger partial charge in [0.2, 0.25) is 0 Å². The van der Waals surface area contributed by atoms with E-state index in [2.05, 4.69) is 9.73 Å². The molecule has 0 unspecified atom stereocenters. The van der Waals surface area contributed by atoms with E-state index >= 15 is 0 Å². The number of nitrogens with zero attached hydrogens (tertiary/aromatic N) is 2. The van der Waals surface area contributed by atoms with Crippen LogP contribution in [0.3, 0.4) is 0 Å². The summed E-state index contributed by atoms with van der Waals surface area (Å²) in [4.78, 5) is 31.8. The summed E-state index contributed by atoms with van der Waals surface area (Å²) in [6.45, 7) is 2.20. The second kappa shape index (κ2) is 11.2. The summed E-state index contributed by atoms with van der Waals surface area (Å²) in [6.07, 6.45) is 1.24. The molecule has 1 atom stereocenters. The van der Waals surface area contributed by atoms with E-state index in [4.69, 9.17) is 14.2 Å². The van der Waals surface area contributed by atoms with Crippen LogP contribution in [-0.4, -0.2) is 37.5 Å². The number of hydrogen-bond donors (Lipinski definition) is 0. The van der Waals surface area contributed by atoms with Crippen molar-refractivity contribution >= 4 is 23.4 Å². The number of methoxy groups -OCH3 is 2. The van der Waals surface area contributed by atoms with E-state index in [-0.39, 0.29) is 28.7 Å². The number of esters is 1. The molecule has 0 radical (unpaired) electrons. The number of allylic oxidation sites excluding steroid dienone is 1. The first kappa shape index (κ1) is 27.1. The lowest BCUT2D eigenvalue weighted by Gasteiger charge is -2.25. The molecule has 0 saturated heterocycles. The van der Waals surface area contributed by atoms with Crippen molar-refractivity contribution in [3.05, 3.63) is 84.5 Å². The van der Waals surface area contributed by atoms with Crippen molar-refractivity contribution in [3.8, 4) is 17.2 Å². The van der Waals surface area contributed by atoms with Gasteiger partial charge in [-0.2, -0.15) is 8.78 Å². The lowest BCUT2D eigenvalue weighted by Crippen LogP contribution is -2.40. The molecule has 11 heteroatoms. The average Bonchev–Trinajstić information content (AvgIpc) is 3.17. The number of benzene rings is 2. The molecule has 1 aromatic heterocycles. The summed E-state index contributed by atoms with van der Waals surface area (Å²) in [7, 11) is 2.88. The third-order valence-electron chi connectivity index (χ3n) is 5.72. The number of hydrogen-bond acceptors (Lipinski definition) is 8. The van der Waals surface area contributed by atoms with Gasteiger partial charge in [0.05, 0.1) is 42.2 Å². The summed E-state index contributed by atoms with van der Waals surface area (Å²) in [6, 6.07) is 10.7. The highest BCUT2D eigenvalue weighted by molar-refractivity contribution is 7.07. The van der Waals surface area contributed by atoms with Gasteiger partial charge in [0.1, 0.15) is 5.75 Å². The fraction of sp³-hybridized carbons (Fsp3) is 0.296. The molecule has 0 N–H and O–H groups in total. The van der Waals surface area contributed by atoms with Crippen molar-refractivity contribution in [1.82, 2.24) is 4.57 Å². The van der Waals surface area contributed by atoms with Crippen LogP contribution in [0.25, 0.3) is 6.08 Å². The van der Waals surface area contributed by atoms with E-state index in [0.717, 1.165) is 11.3 Å². The van der Waals surface area contributed by atoms with Gasteiger partial charge in [-0.25, -0.2) is 9.79 Å². The van der Waals surface area contributed by atoms with Crippen LogP contribution in [0.5, 0.6) is 17.2 Å². The molecule has 200 valence electrons. The van der Waals surface area contributed by atoms with Crippen LogP contribution in [0.2, 0.25) is 0 Å². The van der Waals surface area contributed by atoms with Crippen molar-refractivity contribution in [2.24, 2.45) is 4.99 Å². The number of aromatic nitrogens is 1. The molecule has 0 aliphatic carbocycles. The minimum atomic E-state index is -3.00. The summed E-state index contributed by atoms with van der Waals surface area (Å²) in [5.41, 5.74) is 1.55. The Hall–Kier alpha value is -3.99. The van der Waals surface area contributed by atoms with Gasteiger partial charge in [-0.3, -0.25) is 9.36 Å². The zero-order chi connectivity index (χ0) is 27.6. The summed E-state index contributed by atoms with van der Waals surface area (Å²) in [5.74, 6) is 0.0409. The Balaban J connectivity index is 1.87. The Kier molecular flexibility index (Phi) is 7.96. The predicted octanol–water partition coefficient (Wildman–Crippen LogP) is 3.81. The van der Waals surface area contributed by atoms with Gasteiger partial charge >= 0.3 is 12.6 Å². The van der Waals surface area contributed by atoms with Gasteiger partial charge < -0.3 is 18.9 Å². The fourth-order valence-electron chi connectivity index (χ4n) is 4.08. The van der Waals surface area contributed by atoms with Crippen LogP contribution in [0.1, 0.15) is 37.9 Å². The first-order chi connectivity index (χ1) is 18.1. The van der Waals surface area contributed by atoms with Crippen molar-refractivity contribution in [1.29, 1.82) is 0 Å². The van der Waals surface area contributed by atoms with Gasteiger partial charge in [0.25, 0.3) is 5.56 Å². The van der Waals surface area contributed by atoms with E-state index in [1.807, 2.05) is 0 Å². The van der Waals surface area contributed by atoms with E-state index in [9.17, 15) is 18.4 Å². The highest BCUT2D eigenvalue weighted by atomic mass is 32.1. The van der Waals surface area contributed by atoms with E-state index < -0.39 is 18.6 Å². The molecule has 0 saturated carbocycles. The molecule has 8 nitrogen and oxygen atoms in total. The van der Waals surface area contributed by atoms with E-state index in [1.165, 1.54) is 29.9 Å². The second-order valence-electron chi connectivity index (χ2n) is 8.60. The molecule has 2 aromatic carbocycles. The Morgan fingerprint density at radius 2 is 1.79 bits per heavy atom. The summed E-state index contributed by atoms with van der Waals surface area (Å²) >= 11 is 1.15. The van der Waals surface area contributed by atoms with Gasteiger partial charge in [0.15, 0.2) is 16.3 Å². The number of carbonyl (C=O) groups excluding carboxylic acids is 1. The lowest BCUT2D eigenvalue weighted by molar-refractivity contribution is -0.143. The van der Waals surface area contributed by atoms with Gasteiger partial charge in [-0.15, -0.1) is 0 Å². The molecule has 3 aromatic rings. The highest BCUT2D eigenvalue weighted by Gasteiger charge is 2.33. The molecular weight excluding hydrogens is 518 g/mol. The molecular formula is C27H26F2N2O6S. The fourth-order valence-corrected chi connectivity index (χ4v) is 5.13. The molecule has 0 bridgehead atoms.